The van der Waals surface area contributed by atoms with Crippen molar-refractivity contribution < 1.29 is 9.72 Å². The van der Waals surface area contributed by atoms with Crippen LogP contribution in [-0.4, -0.2) is 16.6 Å². The zero-order valence-electron chi connectivity index (χ0n) is 12.3. The number of benzene rings is 2. The number of fused-ring (bicyclic) bond motifs is 1. The molecular weight excluding hydrogens is 371 g/mol. The van der Waals surface area contributed by atoms with Crippen molar-refractivity contribution in [1.29, 1.82) is 0 Å². The third kappa shape index (κ3) is 3.50. The second kappa shape index (κ2) is 7.01. The molecule has 1 amide bonds. The van der Waals surface area contributed by atoms with E-state index in [1.807, 2.05) is 18.2 Å². The molecule has 0 aliphatic carbocycles. The highest BCUT2D eigenvalue weighted by atomic mass is 35.5. The highest BCUT2D eigenvalue weighted by Gasteiger charge is 2.24. The van der Waals surface area contributed by atoms with Gasteiger partial charge in [-0.05, 0) is 36.2 Å². The number of hydrogen-bond donors (Lipinski definition) is 1. The van der Waals surface area contributed by atoms with E-state index in [4.69, 9.17) is 23.2 Å². The summed E-state index contributed by atoms with van der Waals surface area (Å²) >= 11 is 13.8. The van der Waals surface area contributed by atoms with Crippen LogP contribution in [0.5, 0.6) is 0 Å². The van der Waals surface area contributed by atoms with Gasteiger partial charge in [0.25, 0.3) is 11.6 Å². The SMILES string of the molecule is O=C(NC1CCSc2ccc(Cl)cc21)c1ccc([N+](=O)[O-])cc1Cl. The molecule has 0 bridgehead atoms. The summed E-state index contributed by atoms with van der Waals surface area (Å²) in [6, 6.07) is 9.26. The molecule has 2 aromatic rings. The van der Waals surface area contributed by atoms with E-state index in [1.54, 1.807) is 11.8 Å². The maximum Gasteiger partial charge on any atom is 0.270 e. The molecule has 1 atom stereocenters. The minimum Gasteiger partial charge on any atom is -0.345 e. The molecule has 0 radical (unpaired) electrons. The van der Waals surface area contributed by atoms with Crippen LogP contribution in [0.25, 0.3) is 0 Å². The summed E-state index contributed by atoms with van der Waals surface area (Å²) in [5.74, 6) is 0.519. The standard InChI is InChI=1S/C16H12Cl2N2O3S/c17-9-1-4-15-12(7-9)14(5-6-24-15)19-16(21)11-3-2-10(20(22)23)8-13(11)18/h1-4,7-8,14H,5-6H2,(H,19,21). The second-order valence-corrected chi connectivity index (χ2v) is 7.25. The van der Waals surface area contributed by atoms with Crippen LogP contribution in [0.3, 0.4) is 0 Å². The molecule has 1 heterocycles. The van der Waals surface area contributed by atoms with E-state index in [2.05, 4.69) is 5.32 Å². The highest BCUT2D eigenvalue weighted by Crippen LogP contribution is 2.37. The number of amides is 1. The number of carbonyl (C=O) groups is 1. The Bertz CT molecular complexity index is 829. The van der Waals surface area contributed by atoms with E-state index in [1.165, 1.54) is 18.2 Å². The smallest absolute Gasteiger partial charge is 0.270 e. The minimum atomic E-state index is -0.551. The molecule has 0 aromatic heterocycles. The maximum absolute atomic E-state index is 12.5. The number of non-ortho nitro benzene ring substituents is 1. The molecule has 2 aromatic carbocycles. The number of rotatable bonds is 3. The maximum atomic E-state index is 12.5. The largest absolute Gasteiger partial charge is 0.345 e. The summed E-state index contributed by atoms with van der Waals surface area (Å²) in [6.07, 6.45) is 0.772. The van der Waals surface area contributed by atoms with E-state index in [0.717, 1.165) is 22.6 Å². The summed E-state index contributed by atoms with van der Waals surface area (Å²) < 4.78 is 0. The quantitative estimate of drug-likeness (QED) is 0.606. The molecule has 1 aliphatic rings. The fourth-order valence-electron chi connectivity index (χ4n) is 2.55. The summed E-state index contributed by atoms with van der Waals surface area (Å²) in [7, 11) is 0. The van der Waals surface area contributed by atoms with E-state index in [-0.39, 0.29) is 28.2 Å². The third-order valence-electron chi connectivity index (χ3n) is 3.72. The van der Waals surface area contributed by atoms with Gasteiger partial charge in [0, 0.05) is 27.8 Å². The molecule has 1 unspecified atom stereocenters. The van der Waals surface area contributed by atoms with Crippen LogP contribution in [0.1, 0.15) is 28.4 Å². The minimum absolute atomic E-state index is 0.0539. The van der Waals surface area contributed by atoms with Crippen LogP contribution in [0.4, 0.5) is 5.69 Å². The van der Waals surface area contributed by atoms with Crippen LogP contribution in [0, 0.1) is 10.1 Å². The Hall–Kier alpha value is -1.76. The molecule has 0 saturated heterocycles. The zero-order chi connectivity index (χ0) is 17.3. The molecule has 8 heteroatoms. The van der Waals surface area contributed by atoms with Crippen LogP contribution >= 0.6 is 35.0 Å². The van der Waals surface area contributed by atoms with Gasteiger partial charge >= 0.3 is 0 Å². The number of hydrogen-bond acceptors (Lipinski definition) is 4. The van der Waals surface area contributed by atoms with Crippen LogP contribution in [0.2, 0.25) is 10.0 Å². The topological polar surface area (TPSA) is 72.2 Å². The molecular formula is C16H12Cl2N2O3S. The van der Waals surface area contributed by atoms with Gasteiger partial charge in [-0.3, -0.25) is 14.9 Å². The van der Waals surface area contributed by atoms with Crippen molar-refractivity contribution >= 4 is 46.6 Å². The average Bonchev–Trinajstić information content (AvgIpc) is 2.55. The number of nitrogens with zero attached hydrogens (tertiary/aromatic N) is 1. The Morgan fingerprint density at radius 3 is 2.75 bits per heavy atom. The van der Waals surface area contributed by atoms with Crippen LogP contribution in [0.15, 0.2) is 41.3 Å². The fraction of sp³-hybridized carbons (Fsp3) is 0.188. The van der Waals surface area contributed by atoms with Crippen LogP contribution < -0.4 is 5.32 Å². The lowest BCUT2D eigenvalue weighted by atomic mass is 10.0. The molecule has 3 rings (SSSR count). The predicted octanol–water partition coefficient (Wildman–Crippen LogP) is 4.87. The second-order valence-electron chi connectivity index (χ2n) is 5.27. The van der Waals surface area contributed by atoms with E-state index in [0.29, 0.717) is 5.02 Å². The van der Waals surface area contributed by atoms with Gasteiger partial charge in [-0.15, -0.1) is 11.8 Å². The number of halogens is 2. The fourth-order valence-corrected chi connectivity index (χ4v) is 4.10. The zero-order valence-corrected chi connectivity index (χ0v) is 14.6. The molecule has 1 N–H and O–H groups in total. The van der Waals surface area contributed by atoms with E-state index in [9.17, 15) is 14.9 Å². The molecule has 0 saturated carbocycles. The number of carbonyl (C=O) groups excluding carboxylic acids is 1. The van der Waals surface area contributed by atoms with Crippen molar-refractivity contribution in [1.82, 2.24) is 5.32 Å². The van der Waals surface area contributed by atoms with Gasteiger partial charge in [0.2, 0.25) is 0 Å². The Morgan fingerprint density at radius 1 is 1.25 bits per heavy atom. The lowest BCUT2D eigenvalue weighted by molar-refractivity contribution is -0.384. The van der Waals surface area contributed by atoms with Gasteiger partial charge < -0.3 is 5.32 Å². The Morgan fingerprint density at radius 2 is 2.04 bits per heavy atom. The van der Waals surface area contributed by atoms with Crippen molar-refractivity contribution in [2.24, 2.45) is 0 Å². The molecule has 0 spiro atoms. The summed E-state index contributed by atoms with van der Waals surface area (Å²) in [6.45, 7) is 0. The first-order chi connectivity index (χ1) is 11.5. The number of nitrogens with one attached hydrogen (secondary N) is 1. The average molecular weight is 383 g/mol. The van der Waals surface area contributed by atoms with Crippen LogP contribution in [-0.2, 0) is 0 Å². The first kappa shape index (κ1) is 17.1. The van der Waals surface area contributed by atoms with Gasteiger partial charge in [0.05, 0.1) is 21.6 Å². The van der Waals surface area contributed by atoms with Gasteiger partial charge in [-0.1, -0.05) is 23.2 Å². The van der Waals surface area contributed by atoms with Gasteiger partial charge in [-0.2, -0.15) is 0 Å². The van der Waals surface area contributed by atoms with Crippen molar-refractivity contribution in [2.45, 2.75) is 17.4 Å². The number of thioether (sulfide) groups is 1. The first-order valence-corrected chi connectivity index (χ1v) is 8.87. The normalized spacial score (nSPS) is 16.3. The van der Waals surface area contributed by atoms with E-state index < -0.39 is 4.92 Å². The summed E-state index contributed by atoms with van der Waals surface area (Å²) in [5, 5.41) is 14.4. The summed E-state index contributed by atoms with van der Waals surface area (Å²) in [5.41, 5.74) is 1.04. The van der Waals surface area contributed by atoms with Crippen molar-refractivity contribution in [3.05, 3.63) is 67.7 Å². The number of nitro groups is 1. The Labute approximate surface area is 152 Å². The lowest BCUT2D eigenvalue weighted by Gasteiger charge is -2.26. The van der Waals surface area contributed by atoms with Gasteiger partial charge in [0.1, 0.15) is 0 Å². The highest BCUT2D eigenvalue weighted by molar-refractivity contribution is 7.99. The predicted molar refractivity (Wildman–Crippen MR) is 95.1 cm³/mol. The van der Waals surface area contributed by atoms with Gasteiger partial charge in [-0.25, -0.2) is 0 Å². The Balaban J connectivity index is 1.84. The Kier molecular flexibility index (Phi) is 4.99. The van der Waals surface area contributed by atoms with Crippen molar-refractivity contribution in [3.63, 3.8) is 0 Å². The lowest BCUT2D eigenvalue weighted by Crippen LogP contribution is -2.30. The molecule has 5 nitrogen and oxygen atoms in total. The number of nitro benzene ring substituents is 1. The molecule has 0 fully saturated rings. The van der Waals surface area contributed by atoms with Crippen molar-refractivity contribution in [3.8, 4) is 0 Å². The summed E-state index contributed by atoms with van der Waals surface area (Å²) in [4.78, 5) is 23.8. The van der Waals surface area contributed by atoms with Gasteiger partial charge in [0.15, 0.2) is 0 Å². The molecule has 24 heavy (non-hydrogen) atoms. The molecule has 124 valence electrons. The van der Waals surface area contributed by atoms with Crippen molar-refractivity contribution in [2.75, 3.05) is 5.75 Å². The first-order valence-electron chi connectivity index (χ1n) is 7.13. The van der Waals surface area contributed by atoms with E-state index >= 15 is 0 Å². The third-order valence-corrected chi connectivity index (χ3v) is 5.40. The molecule has 1 aliphatic heterocycles. The monoisotopic (exact) mass is 382 g/mol.